The average molecular weight is 1480 g/mol. The molecular formula is C68H106N18O19. The number of rotatable bonds is 47. The van der Waals surface area contributed by atoms with Crippen molar-refractivity contribution in [1.29, 1.82) is 0 Å². The van der Waals surface area contributed by atoms with E-state index < -0.39 is 218 Å². The Balaban J connectivity index is 1.87. The molecule has 0 saturated carbocycles. The van der Waals surface area contributed by atoms with E-state index in [1.165, 1.54) is 6.92 Å². The van der Waals surface area contributed by atoms with Crippen molar-refractivity contribution in [3.63, 3.8) is 0 Å². The van der Waals surface area contributed by atoms with E-state index in [1.807, 2.05) is 0 Å². The van der Waals surface area contributed by atoms with Gasteiger partial charge in [-0.15, -0.1) is 0 Å². The van der Waals surface area contributed by atoms with E-state index in [1.54, 1.807) is 116 Å². The summed E-state index contributed by atoms with van der Waals surface area (Å²) < 4.78 is 0. The zero-order valence-electron chi connectivity index (χ0n) is 60.6. The number of aliphatic hydroxyl groups is 2. The molecular weight excluding hydrogens is 1370 g/mol. The first-order chi connectivity index (χ1) is 49.7. The van der Waals surface area contributed by atoms with Gasteiger partial charge in [0.05, 0.1) is 25.8 Å². The topological polar surface area (TPSA) is 599 Å². The normalized spacial score (nSPS) is 15.2. The minimum absolute atomic E-state index is 0.0864. The first-order valence-corrected chi connectivity index (χ1v) is 34.6. The van der Waals surface area contributed by atoms with Gasteiger partial charge in [-0.3, -0.25) is 71.9 Å². The van der Waals surface area contributed by atoms with Gasteiger partial charge in [-0.05, 0) is 101 Å². The van der Waals surface area contributed by atoms with Crippen LogP contribution in [0, 0.1) is 17.8 Å². The number of aromatic nitrogens is 1. The number of benzene rings is 2. The van der Waals surface area contributed by atoms with Crippen LogP contribution < -0.4 is 91.6 Å². The predicted molar refractivity (Wildman–Crippen MR) is 381 cm³/mol. The number of amides is 13. The van der Waals surface area contributed by atoms with Crippen LogP contribution in [0.15, 0.2) is 60.8 Å². The first-order valence-electron chi connectivity index (χ1n) is 34.6. The number of carbonyl (C=O) groups excluding carboxylic acids is 13. The van der Waals surface area contributed by atoms with Gasteiger partial charge in [-0.25, -0.2) is 0 Å². The Kier molecular flexibility index (Phi) is 38.2. The SMILES string of the molecule is CC[C@H](C)[C@@H](NC(=O)[C@@H](NC(=O)[C@H](CCC(=O)O)NC(=O)[C@H](Cc1ccccc1)NC(=O)[C@@H](CCN)NC(=O)[C@H](CCN)NC(=O)[C@H](CO)NC(=O)[C@@H](Cc1c[nH]c2ccccc12)NC(=O)[C@@H](CO)NC(=O)CNC(=O)[C@@H](CCN)NC(=O)[C@H](NC(=O)[C@H](C)NC)C(C)C)C(C)C)C(=O)N[C@@H](C)C(=O)O. The van der Waals surface area contributed by atoms with Gasteiger partial charge in [-0.2, -0.15) is 0 Å². The van der Waals surface area contributed by atoms with E-state index in [-0.39, 0.29) is 51.7 Å². The summed E-state index contributed by atoms with van der Waals surface area (Å²) >= 11 is 0. The molecule has 0 aliphatic carbocycles. The van der Waals surface area contributed by atoms with E-state index in [9.17, 15) is 92.3 Å². The second-order valence-electron chi connectivity index (χ2n) is 26.0. The lowest BCUT2D eigenvalue weighted by atomic mass is 9.96. The standard InChI is InChI=1S/C68H106N18O19/c1-10-36(6)55(67(103)75-38(8)68(104)105)86-66(102)54(35(4)5)85-60(96)43(20-21-52(90)91)77-61(97)47(28-39-16-12-11-13-17-39)81-59(95)46(24-27-71)78-58(94)45(23-26-70)79-64(100)50(33-88)83-62(98)48(29-40-30-73-42-19-15-14-18-41(40)42)82-63(99)49(32-87)76-51(89)31-74-57(93)44(22-25-69)80-65(101)53(34(2)3)84-56(92)37(7)72-9/h11-19,30,34-38,43-50,53-55,72-73,87-88H,10,20-29,31-33,69-71H2,1-9H3,(H,74,93)(H,75,103)(H,76,89)(H,77,97)(H,78,94)(H,79,100)(H,80,101)(H,81,95)(H,82,99)(H,83,98)(H,84,92)(H,85,96)(H,86,102)(H,90,91)(H,104,105)/t36-,37-,38-,43-,44+,45-,46+,47-,48+,49+,50-,53+,54-,55+/m0/s1. The first kappa shape index (κ1) is 89.0. The Labute approximate surface area is 607 Å². The largest absolute Gasteiger partial charge is 0.481 e. The van der Waals surface area contributed by atoms with E-state index in [0.29, 0.717) is 28.5 Å². The molecule has 1 aromatic heterocycles. The number of nitrogens with one attached hydrogen (secondary N) is 15. The van der Waals surface area contributed by atoms with Gasteiger partial charge in [0, 0.05) is 36.4 Å². The Hall–Kier alpha value is -10.2. The number of carbonyl (C=O) groups is 15. The molecule has 0 radical (unpaired) electrons. The summed E-state index contributed by atoms with van der Waals surface area (Å²) in [5.41, 5.74) is 19.1. The minimum atomic E-state index is -1.87. The molecule has 13 amide bonds. The van der Waals surface area contributed by atoms with E-state index in [2.05, 4.69) is 79.4 Å². The van der Waals surface area contributed by atoms with Crippen LogP contribution in [0.5, 0.6) is 0 Å². The molecule has 14 atom stereocenters. The highest BCUT2D eigenvalue weighted by molar-refractivity contribution is 6.00. The van der Waals surface area contributed by atoms with Crippen LogP contribution in [-0.4, -0.2) is 239 Å². The predicted octanol–water partition coefficient (Wildman–Crippen LogP) is -6.15. The summed E-state index contributed by atoms with van der Waals surface area (Å²) in [5, 5.41) is 75.5. The number of likely N-dealkylation sites (N-methyl/N-ethyl adjacent to an activating group) is 1. The molecule has 37 nitrogen and oxygen atoms in total. The fraction of sp³-hybridized carbons (Fsp3) is 0.574. The molecule has 3 rings (SSSR count). The van der Waals surface area contributed by atoms with Crippen molar-refractivity contribution in [2.45, 2.75) is 185 Å². The van der Waals surface area contributed by atoms with Gasteiger partial charge < -0.3 is 117 Å². The van der Waals surface area contributed by atoms with Crippen LogP contribution in [0.2, 0.25) is 0 Å². The van der Waals surface area contributed by atoms with Gasteiger partial charge in [0.2, 0.25) is 76.8 Å². The second kappa shape index (κ2) is 45.1. The Morgan fingerprint density at radius 2 is 0.829 bits per heavy atom. The molecule has 25 N–H and O–H groups in total. The Bertz CT molecular complexity index is 3450. The van der Waals surface area contributed by atoms with E-state index >= 15 is 0 Å². The maximum atomic E-state index is 14.5. The molecule has 0 fully saturated rings. The summed E-state index contributed by atoms with van der Waals surface area (Å²) in [6, 6.07) is -3.69. The van der Waals surface area contributed by atoms with Crippen LogP contribution in [0.3, 0.4) is 0 Å². The highest BCUT2D eigenvalue weighted by Crippen LogP contribution is 2.20. The number of nitrogens with two attached hydrogens (primary N) is 3. The monoisotopic (exact) mass is 1480 g/mol. The van der Waals surface area contributed by atoms with Crippen molar-refractivity contribution in [1.82, 2.24) is 79.4 Å². The van der Waals surface area contributed by atoms with Crippen molar-refractivity contribution in [3.05, 3.63) is 71.9 Å². The molecule has 0 saturated heterocycles. The van der Waals surface area contributed by atoms with Crippen LogP contribution in [-0.2, 0) is 84.8 Å². The number of aromatic amines is 1. The lowest BCUT2D eigenvalue weighted by molar-refractivity contribution is -0.142. The third-order valence-corrected chi connectivity index (χ3v) is 17.1. The van der Waals surface area contributed by atoms with Crippen LogP contribution in [0.25, 0.3) is 10.9 Å². The maximum absolute atomic E-state index is 14.5. The number of fused-ring (bicyclic) bond motifs is 1. The number of carboxylic acids is 2. The quantitative estimate of drug-likeness (QED) is 0.0250. The molecule has 0 aliphatic rings. The molecule has 3 aromatic rings. The summed E-state index contributed by atoms with van der Waals surface area (Å²) in [4.78, 5) is 206. The lowest BCUT2D eigenvalue weighted by Crippen LogP contribution is -2.62. The fourth-order valence-electron chi connectivity index (χ4n) is 10.5. The molecule has 582 valence electrons. The summed E-state index contributed by atoms with van der Waals surface area (Å²) in [6.45, 7) is 9.08. The third-order valence-electron chi connectivity index (χ3n) is 17.1. The van der Waals surface area contributed by atoms with Crippen LogP contribution >= 0.6 is 0 Å². The second-order valence-corrected chi connectivity index (χ2v) is 26.0. The number of aliphatic hydroxyl groups excluding tert-OH is 2. The van der Waals surface area contributed by atoms with Crippen molar-refractivity contribution in [2.75, 3.05) is 46.4 Å². The molecule has 105 heavy (non-hydrogen) atoms. The van der Waals surface area contributed by atoms with Crippen LogP contribution in [0.1, 0.15) is 105 Å². The smallest absolute Gasteiger partial charge is 0.325 e. The molecule has 1 heterocycles. The number of hydrogen-bond acceptors (Lipinski definition) is 21. The number of hydrogen-bond donors (Lipinski definition) is 22. The zero-order chi connectivity index (χ0) is 78.8. The average Bonchev–Trinajstić information content (AvgIpc) is 1.69. The van der Waals surface area contributed by atoms with E-state index in [0.717, 1.165) is 0 Å². The lowest BCUT2D eigenvalue weighted by Gasteiger charge is -2.30. The number of carboxylic acid groups (broad SMARTS) is 2. The highest BCUT2D eigenvalue weighted by Gasteiger charge is 2.38. The molecule has 0 spiro atoms. The van der Waals surface area contributed by atoms with Gasteiger partial charge in [0.25, 0.3) is 0 Å². The summed E-state index contributed by atoms with van der Waals surface area (Å²) in [5.74, 6) is -16.6. The summed E-state index contributed by atoms with van der Waals surface area (Å²) in [7, 11) is 1.56. The third kappa shape index (κ3) is 29.1. The minimum Gasteiger partial charge on any atom is -0.481 e. The fourth-order valence-corrected chi connectivity index (χ4v) is 10.5. The van der Waals surface area contributed by atoms with Gasteiger partial charge in [0.15, 0.2) is 0 Å². The summed E-state index contributed by atoms with van der Waals surface area (Å²) in [6.07, 6.45) is -0.607. The van der Waals surface area contributed by atoms with Gasteiger partial charge in [0.1, 0.15) is 72.5 Å². The van der Waals surface area contributed by atoms with E-state index in [4.69, 9.17) is 17.2 Å². The zero-order valence-corrected chi connectivity index (χ0v) is 60.6. The van der Waals surface area contributed by atoms with Crippen molar-refractivity contribution < 1.29 is 92.3 Å². The highest BCUT2D eigenvalue weighted by atomic mass is 16.4. The molecule has 0 aliphatic heterocycles. The number of H-pyrrole nitrogens is 1. The van der Waals surface area contributed by atoms with Crippen LogP contribution in [0.4, 0.5) is 0 Å². The number of aliphatic carboxylic acids is 2. The Morgan fingerprint density at radius 1 is 0.429 bits per heavy atom. The number of para-hydroxylation sites is 1. The molecule has 37 heteroatoms. The van der Waals surface area contributed by atoms with Gasteiger partial charge >= 0.3 is 11.9 Å². The van der Waals surface area contributed by atoms with Crippen molar-refractivity contribution >= 4 is 99.6 Å². The molecule has 2 aromatic carbocycles. The van der Waals surface area contributed by atoms with Crippen molar-refractivity contribution in [3.8, 4) is 0 Å². The molecule has 0 unspecified atom stereocenters. The Morgan fingerprint density at radius 3 is 1.31 bits per heavy atom. The maximum Gasteiger partial charge on any atom is 0.325 e. The molecule has 0 bridgehead atoms. The van der Waals surface area contributed by atoms with Crippen molar-refractivity contribution in [2.24, 2.45) is 35.0 Å². The van der Waals surface area contributed by atoms with Gasteiger partial charge in [-0.1, -0.05) is 96.5 Å².